The van der Waals surface area contributed by atoms with Gasteiger partial charge in [0.15, 0.2) is 0 Å². The van der Waals surface area contributed by atoms with Gasteiger partial charge in [0.1, 0.15) is 0 Å². The van der Waals surface area contributed by atoms with Crippen molar-refractivity contribution >= 4 is 18.5 Å². The highest BCUT2D eigenvalue weighted by atomic mass is 32.1. The van der Waals surface area contributed by atoms with Gasteiger partial charge in [-0.2, -0.15) is 12.6 Å². The molecule has 1 aromatic carbocycles. The van der Waals surface area contributed by atoms with Crippen LogP contribution in [0.25, 0.3) is 0 Å². The lowest BCUT2D eigenvalue weighted by molar-refractivity contribution is -0.131. The van der Waals surface area contributed by atoms with Crippen LogP contribution in [0.15, 0.2) is 24.3 Å². The van der Waals surface area contributed by atoms with E-state index in [0.29, 0.717) is 12.2 Å². The molecule has 0 atom stereocenters. The van der Waals surface area contributed by atoms with Crippen LogP contribution in [-0.2, 0) is 17.8 Å². The van der Waals surface area contributed by atoms with Gasteiger partial charge in [-0.05, 0) is 29.7 Å². The number of aryl methyl sites for hydroxylation is 1. The third-order valence-electron chi connectivity index (χ3n) is 3.03. The van der Waals surface area contributed by atoms with Crippen LogP contribution in [0.5, 0.6) is 0 Å². The molecule has 0 radical (unpaired) electrons. The zero-order valence-corrected chi connectivity index (χ0v) is 10.2. The van der Waals surface area contributed by atoms with Crippen molar-refractivity contribution in [3.63, 3.8) is 0 Å². The lowest BCUT2D eigenvalue weighted by Gasteiger charge is -2.20. The van der Waals surface area contributed by atoms with E-state index in [1.54, 1.807) is 0 Å². The molecule has 16 heavy (non-hydrogen) atoms. The van der Waals surface area contributed by atoms with Gasteiger partial charge in [-0.3, -0.25) is 4.79 Å². The first-order valence-corrected chi connectivity index (χ1v) is 6.40. The molecule has 0 N–H and O–H groups in total. The molecule has 86 valence electrons. The molecule has 0 aromatic heterocycles. The smallest absolute Gasteiger partial charge is 0.223 e. The van der Waals surface area contributed by atoms with Gasteiger partial charge in [0.05, 0.1) is 0 Å². The molecule has 1 aliphatic heterocycles. The Labute approximate surface area is 102 Å². The summed E-state index contributed by atoms with van der Waals surface area (Å²) in [4.78, 5) is 13.8. The molecule has 1 aliphatic rings. The minimum Gasteiger partial charge on any atom is -0.338 e. The van der Waals surface area contributed by atoms with Crippen LogP contribution in [0.4, 0.5) is 0 Å². The summed E-state index contributed by atoms with van der Waals surface area (Å²) < 4.78 is 0. The molecule has 2 nitrogen and oxygen atoms in total. The van der Waals surface area contributed by atoms with Gasteiger partial charge >= 0.3 is 0 Å². The van der Waals surface area contributed by atoms with E-state index in [4.69, 9.17) is 0 Å². The Morgan fingerprint density at radius 2 is 2.06 bits per heavy atom. The Morgan fingerprint density at radius 1 is 1.31 bits per heavy atom. The molecular formula is C13H17NOS. The maximum Gasteiger partial charge on any atom is 0.223 e. The summed E-state index contributed by atoms with van der Waals surface area (Å²) in [5.41, 5.74) is 2.69. The Hall–Kier alpha value is -0.960. The van der Waals surface area contributed by atoms with Gasteiger partial charge in [-0.15, -0.1) is 0 Å². The molecule has 1 heterocycles. The Bertz CT molecular complexity index is 378. The van der Waals surface area contributed by atoms with Gasteiger partial charge < -0.3 is 4.90 Å². The number of thiol groups is 1. The first kappa shape index (κ1) is 11.5. The van der Waals surface area contributed by atoms with Crippen LogP contribution in [-0.4, -0.2) is 23.1 Å². The molecule has 0 bridgehead atoms. The van der Waals surface area contributed by atoms with E-state index in [1.165, 1.54) is 11.1 Å². The van der Waals surface area contributed by atoms with Crippen molar-refractivity contribution in [1.82, 2.24) is 4.90 Å². The second-order valence-corrected chi connectivity index (χ2v) is 4.61. The average Bonchev–Trinajstić information content (AvgIpc) is 2.51. The summed E-state index contributed by atoms with van der Waals surface area (Å²) in [6.07, 6.45) is 2.70. The number of carbonyl (C=O) groups excluding carboxylic acids is 1. The van der Waals surface area contributed by atoms with Crippen LogP contribution in [0.3, 0.4) is 0 Å². The second-order valence-electron chi connectivity index (χ2n) is 4.16. The lowest BCUT2D eigenvalue weighted by atomic mass is 10.0. The SMILES string of the molecule is O=C(CCS)N1CCCc2ccccc2C1. The summed E-state index contributed by atoms with van der Waals surface area (Å²) in [7, 11) is 0. The largest absolute Gasteiger partial charge is 0.338 e. The molecule has 1 amide bonds. The Balaban J connectivity index is 2.13. The zero-order chi connectivity index (χ0) is 11.4. The van der Waals surface area contributed by atoms with Crippen LogP contribution >= 0.6 is 12.6 Å². The van der Waals surface area contributed by atoms with E-state index in [2.05, 4.69) is 30.8 Å². The summed E-state index contributed by atoms with van der Waals surface area (Å²) in [5, 5.41) is 0. The van der Waals surface area contributed by atoms with Crippen molar-refractivity contribution in [2.24, 2.45) is 0 Å². The van der Waals surface area contributed by atoms with E-state index in [9.17, 15) is 4.79 Å². The van der Waals surface area contributed by atoms with E-state index in [0.717, 1.165) is 25.9 Å². The highest BCUT2D eigenvalue weighted by molar-refractivity contribution is 7.80. The minimum atomic E-state index is 0.228. The third-order valence-corrected chi connectivity index (χ3v) is 3.26. The number of hydrogen-bond donors (Lipinski definition) is 1. The number of carbonyl (C=O) groups is 1. The van der Waals surface area contributed by atoms with Gasteiger partial charge in [-0.1, -0.05) is 24.3 Å². The van der Waals surface area contributed by atoms with Crippen LogP contribution < -0.4 is 0 Å². The molecule has 0 spiro atoms. The van der Waals surface area contributed by atoms with Crippen molar-refractivity contribution in [1.29, 1.82) is 0 Å². The fourth-order valence-electron chi connectivity index (χ4n) is 2.17. The van der Waals surface area contributed by atoms with Crippen molar-refractivity contribution in [3.8, 4) is 0 Å². The Morgan fingerprint density at radius 3 is 2.81 bits per heavy atom. The van der Waals surface area contributed by atoms with E-state index in [1.807, 2.05) is 11.0 Å². The van der Waals surface area contributed by atoms with Crippen LogP contribution in [0.1, 0.15) is 24.0 Å². The molecule has 0 saturated heterocycles. The summed E-state index contributed by atoms with van der Waals surface area (Å²) >= 11 is 4.11. The lowest BCUT2D eigenvalue weighted by Crippen LogP contribution is -2.30. The first-order valence-electron chi connectivity index (χ1n) is 5.76. The van der Waals surface area contributed by atoms with E-state index in [-0.39, 0.29) is 5.91 Å². The molecule has 0 unspecified atom stereocenters. The number of nitrogens with zero attached hydrogens (tertiary/aromatic N) is 1. The van der Waals surface area contributed by atoms with Crippen molar-refractivity contribution in [3.05, 3.63) is 35.4 Å². The van der Waals surface area contributed by atoms with Crippen molar-refractivity contribution in [2.75, 3.05) is 12.3 Å². The molecule has 1 aromatic rings. The van der Waals surface area contributed by atoms with E-state index >= 15 is 0 Å². The van der Waals surface area contributed by atoms with E-state index < -0.39 is 0 Å². The highest BCUT2D eigenvalue weighted by Crippen LogP contribution is 2.18. The number of rotatable bonds is 2. The predicted molar refractivity (Wildman–Crippen MR) is 68.7 cm³/mol. The topological polar surface area (TPSA) is 20.3 Å². The minimum absolute atomic E-state index is 0.228. The summed E-state index contributed by atoms with van der Waals surface area (Å²) in [6, 6.07) is 8.42. The van der Waals surface area contributed by atoms with Crippen LogP contribution in [0, 0.1) is 0 Å². The summed E-state index contributed by atoms with van der Waals surface area (Å²) in [5.74, 6) is 0.864. The highest BCUT2D eigenvalue weighted by Gasteiger charge is 2.17. The summed E-state index contributed by atoms with van der Waals surface area (Å²) in [6.45, 7) is 1.64. The van der Waals surface area contributed by atoms with Gasteiger partial charge in [-0.25, -0.2) is 0 Å². The first-order chi connectivity index (χ1) is 7.81. The number of benzene rings is 1. The molecule has 0 saturated carbocycles. The molecule has 3 heteroatoms. The second kappa shape index (κ2) is 5.39. The fraction of sp³-hybridized carbons (Fsp3) is 0.462. The van der Waals surface area contributed by atoms with Crippen LogP contribution in [0.2, 0.25) is 0 Å². The maximum atomic E-state index is 11.8. The van der Waals surface area contributed by atoms with Gasteiger partial charge in [0, 0.05) is 19.5 Å². The number of hydrogen-bond acceptors (Lipinski definition) is 2. The third kappa shape index (κ3) is 2.59. The maximum absolute atomic E-state index is 11.8. The average molecular weight is 235 g/mol. The van der Waals surface area contributed by atoms with Gasteiger partial charge in [0.25, 0.3) is 0 Å². The molecule has 0 aliphatic carbocycles. The quantitative estimate of drug-likeness (QED) is 0.780. The zero-order valence-electron chi connectivity index (χ0n) is 9.35. The normalized spacial score (nSPS) is 15.4. The molecular weight excluding hydrogens is 218 g/mol. The Kier molecular flexibility index (Phi) is 3.88. The molecule has 2 rings (SSSR count). The van der Waals surface area contributed by atoms with Crippen molar-refractivity contribution < 1.29 is 4.79 Å². The standard InChI is InChI=1S/C13H17NOS/c15-13(7-9-16)14-8-3-6-11-4-1-2-5-12(11)10-14/h1-2,4-5,16H,3,6-10H2. The molecule has 0 fully saturated rings. The van der Waals surface area contributed by atoms with Crippen molar-refractivity contribution in [2.45, 2.75) is 25.8 Å². The number of amides is 1. The fourth-order valence-corrected chi connectivity index (χ4v) is 2.36. The monoisotopic (exact) mass is 235 g/mol. The van der Waals surface area contributed by atoms with Gasteiger partial charge in [0.2, 0.25) is 5.91 Å². The predicted octanol–water partition coefficient (Wildman–Crippen LogP) is 2.28. The number of fused-ring (bicyclic) bond motifs is 1.